The van der Waals surface area contributed by atoms with Gasteiger partial charge in [-0.05, 0) is 18.9 Å². The average Bonchev–Trinajstić information content (AvgIpc) is 2.19. The molecule has 84 valence electrons. The summed E-state index contributed by atoms with van der Waals surface area (Å²) in [6, 6.07) is 8.16. The molecule has 0 amide bonds. The van der Waals surface area contributed by atoms with Crippen LogP contribution in [0.2, 0.25) is 0 Å². The molecule has 1 aromatic carbocycles. The average molecular weight is 209 g/mol. The molecule has 3 heteroatoms. The summed E-state index contributed by atoms with van der Waals surface area (Å²) in [5.74, 6) is 0. The summed E-state index contributed by atoms with van der Waals surface area (Å²) >= 11 is 0. The van der Waals surface area contributed by atoms with Gasteiger partial charge in [0.15, 0.2) is 6.29 Å². The summed E-state index contributed by atoms with van der Waals surface area (Å²) in [5.41, 5.74) is 8.42. The van der Waals surface area contributed by atoms with Gasteiger partial charge in [-0.15, -0.1) is 0 Å². The van der Waals surface area contributed by atoms with Crippen molar-refractivity contribution in [2.45, 2.75) is 25.7 Å². The third-order valence-electron chi connectivity index (χ3n) is 2.37. The van der Waals surface area contributed by atoms with E-state index in [2.05, 4.69) is 25.1 Å². The van der Waals surface area contributed by atoms with Crippen LogP contribution in [-0.2, 0) is 15.9 Å². The van der Waals surface area contributed by atoms with Gasteiger partial charge in [0, 0.05) is 14.2 Å². The van der Waals surface area contributed by atoms with Crippen LogP contribution in [0, 0.1) is 6.92 Å². The number of hydrogen-bond donors (Lipinski definition) is 1. The molecule has 0 aromatic heterocycles. The Labute approximate surface area is 91.2 Å². The van der Waals surface area contributed by atoms with E-state index in [0.29, 0.717) is 0 Å². The highest BCUT2D eigenvalue weighted by molar-refractivity contribution is 5.23. The van der Waals surface area contributed by atoms with Crippen LogP contribution >= 0.6 is 0 Å². The van der Waals surface area contributed by atoms with Crippen molar-refractivity contribution in [3.8, 4) is 0 Å². The highest BCUT2D eigenvalue weighted by Crippen LogP contribution is 2.09. The number of aryl methyl sites for hydroxylation is 1. The Hall–Kier alpha value is -0.900. The van der Waals surface area contributed by atoms with Gasteiger partial charge in [0.1, 0.15) is 0 Å². The second-order valence-electron chi connectivity index (χ2n) is 3.70. The third kappa shape index (κ3) is 3.63. The maximum Gasteiger partial charge on any atom is 0.172 e. The first-order valence-electron chi connectivity index (χ1n) is 5.04. The Balaban J connectivity index is 2.61. The first kappa shape index (κ1) is 12.2. The molecule has 2 N–H and O–H groups in total. The normalized spacial score (nSPS) is 13.1. The quantitative estimate of drug-likeness (QED) is 0.747. The first-order valence-corrected chi connectivity index (χ1v) is 5.04. The minimum absolute atomic E-state index is 0.137. The Kier molecular flexibility index (Phi) is 4.75. The Bertz CT molecular complexity index is 297. The van der Waals surface area contributed by atoms with Gasteiger partial charge in [0.2, 0.25) is 0 Å². The van der Waals surface area contributed by atoms with Crippen LogP contribution in [0.25, 0.3) is 0 Å². The van der Waals surface area contributed by atoms with Crippen molar-refractivity contribution in [2.24, 2.45) is 5.73 Å². The van der Waals surface area contributed by atoms with Gasteiger partial charge in [-0.3, -0.25) is 0 Å². The molecule has 0 radical (unpaired) electrons. The van der Waals surface area contributed by atoms with Gasteiger partial charge in [-0.1, -0.05) is 29.8 Å². The van der Waals surface area contributed by atoms with Crippen molar-refractivity contribution in [3.05, 3.63) is 35.4 Å². The first-order chi connectivity index (χ1) is 7.17. The minimum atomic E-state index is -0.342. The summed E-state index contributed by atoms with van der Waals surface area (Å²) in [6.45, 7) is 2.07. The molecular formula is C12H19NO2. The molecule has 0 heterocycles. The zero-order chi connectivity index (χ0) is 11.3. The highest BCUT2D eigenvalue weighted by Gasteiger charge is 2.16. The molecule has 1 aromatic rings. The lowest BCUT2D eigenvalue weighted by Crippen LogP contribution is -2.39. The van der Waals surface area contributed by atoms with Gasteiger partial charge in [0.05, 0.1) is 6.04 Å². The van der Waals surface area contributed by atoms with Crippen LogP contribution in [0.5, 0.6) is 0 Å². The largest absolute Gasteiger partial charge is 0.354 e. The van der Waals surface area contributed by atoms with E-state index < -0.39 is 0 Å². The van der Waals surface area contributed by atoms with E-state index >= 15 is 0 Å². The molecule has 0 spiro atoms. The van der Waals surface area contributed by atoms with Crippen LogP contribution in [0.3, 0.4) is 0 Å². The zero-order valence-corrected chi connectivity index (χ0v) is 9.57. The molecule has 1 unspecified atom stereocenters. The topological polar surface area (TPSA) is 44.5 Å². The Morgan fingerprint density at radius 1 is 1.27 bits per heavy atom. The summed E-state index contributed by atoms with van der Waals surface area (Å²) in [6.07, 6.45) is 0.416. The van der Waals surface area contributed by atoms with Crippen LogP contribution in [-0.4, -0.2) is 26.6 Å². The lowest BCUT2D eigenvalue weighted by molar-refractivity contribution is -0.115. The molecule has 0 aliphatic rings. The monoisotopic (exact) mass is 209 g/mol. The van der Waals surface area contributed by atoms with E-state index in [4.69, 9.17) is 15.2 Å². The summed E-state index contributed by atoms with van der Waals surface area (Å²) < 4.78 is 10.2. The van der Waals surface area contributed by atoms with Crippen molar-refractivity contribution >= 4 is 0 Å². The number of methoxy groups -OCH3 is 2. The van der Waals surface area contributed by atoms with E-state index in [1.807, 2.05) is 6.07 Å². The molecule has 1 atom stereocenters. The number of nitrogens with two attached hydrogens (primary N) is 1. The fourth-order valence-corrected chi connectivity index (χ4v) is 1.65. The maximum atomic E-state index is 5.97. The van der Waals surface area contributed by atoms with E-state index in [0.717, 1.165) is 6.42 Å². The van der Waals surface area contributed by atoms with Gasteiger partial charge in [-0.25, -0.2) is 0 Å². The third-order valence-corrected chi connectivity index (χ3v) is 2.37. The van der Waals surface area contributed by atoms with Crippen LogP contribution in [0.4, 0.5) is 0 Å². The Morgan fingerprint density at radius 3 is 2.47 bits per heavy atom. The Morgan fingerprint density at radius 2 is 1.93 bits per heavy atom. The zero-order valence-electron chi connectivity index (χ0n) is 9.57. The summed E-state index contributed by atoms with van der Waals surface area (Å²) in [7, 11) is 3.20. The summed E-state index contributed by atoms with van der Waals surface area (Å²) in [5, 5.41) is 0. The van der Waals surface area contributed by atoms with Gasteiger partial charge >= 0.3 is 0 Å². The number of benzene rings is 1. The molecule has 0 fully saturated rings. The molecule has 0 saturated heterocycles. The fraction of sp³-hybridized carbons (Fsp3) is 0.500. The van der Waals surface area contributed by atoms with Crippen molar-refractivity contribution < 1.29 is 9.47 Å². The molecule has 0 aliphatic heterocycles. The second-order valence-corrected chi connectivity index (χ2v) is 3.70. The van der Waals surface area contributed by atoms with E-state index in [1.54, 1.807) is 14.2 Å². The minimum Gasteiger partial charge on any atom is -0.354 e. The highest BCUT2D eigenvalue weighted by atomic mass is 16.7. The smallest absolute Gasteiger partial charge is 0.172 e. The van der Waals surface area contributed by atoms with Crippen molar-refractivity contribution in [2.75, 3.05) is 14.2 Å². The van der Waals surface area contributed by atoms with E-state index in [1.165, 1.54) is 11.1 Å². The number of rotatable bonds is 5. The van der Waals surface area contributed by atoms with E-state index in [-0.39, 0.29) is 12.3 Å². The summed E-state index contributed by atoms with van der Waals surface area (Å²) in [4.78, 5) is 0. The van der Waals surface area contributed by atoms with Crippen molar-refractivity contribution in [1.82, 2.24) is 0 Å². The molecule has 0 bridgehead atoms. The fourth-order valence-electron chi connectivity index (χ4n) is 1.65. The maximum absolute atomic E-state index is 5.97. The molecular weight excluding hydrogens is 190 g/mol. The SMILES string of the molecule is COC(OC)C(N)Cc1cccc(C)c1. The molecule has 0 saturated carbocycles. The molecule has 0 aliphatic carbocycles. The second kappa shape index (κ2) is 5.85. The van der Waals surface area contributed by atoms with Gasteiger partial charge < -0.3 is 15.2 Å². The van der Waals surface area contributed by atoms with Crippen LogP contribution in [0.1, 0.15) is 11.1 Å². The van der Waals surface area contributed by atoms with Gasteiger partial charge in [-0.2, -0.15) is 0 Å². The number of hydrogen-bond acceptors (Lipinski definition) is 3. The van der Waals surface area contributed by atoms with Crippen LogP contribution < -0.4 is 5.73 Å². The van der Waals surface area contributed by atoms with Crippen molar-refractivity contribution in [1.29, 1.82) is 0 Å². The molecule has 1 rings (SSSR count). The molecule has 15 heavy (non-hydrogen) atoms. The van der Waals surface area contributed by atoms with E-state index in [9.17, 15) is 0 Å². The van der Waals surface area contributed by atoms with Gasteiger partial charge in [0.25, 0.3) is 0 Å². The standard InChI is InChI=1S/C12H19NO2/c1-9-5-4-6-10(7-9)8-11(13)12(14-2)15-3/h4-7,11-12H,8,13H2,1-3H3. The predicted octanol–water partition coefficient (Wildman–Crippen LogP) is 1.48. The molecule has 3 nitrogen and oxygen atoms in total. The lowest BCUT2D eigenvalue weighted by atomic mass is 10.0. The van der Waals surface area contributed by atoms with Crippen LogP contribution in [0.15, 0.2) is 24.3 Å². The lowest BCUT2D eigenvalue weighted by Gasteiger charge is -2.21. The predicted molar refractivity (Wildman–Crippen MR) is 60.7 cm³/mol. The number of ether oxygens (including phenoxy) is 2. The van der Waals surface area contributed by atoms with Crippen molar-refractivity contribution in [3.63, 3.8) is 0 Å².